The van der Waals surface area contributed by atoms with Crippen LogP contribution in [0.15, 0.2) is 47.2 Å². The summed E-state index contributed by atoms with van der Waals surface area (Å²) in [4.78, 5) is 18.1. The Kier molecular flexibility index (Phi) is 5.38. The third kappa shape index (κ3) is 3.56. The molecule has 2 aliphatic rings. The molecule has 1 aromatic heterocycles. The van der Waals surface area contributed by atoms with E-state index in [-0.39, 0.29) is 0 Å². The number of nitrogens with zero attached hydrogens (tertiary/aromatic N) is 2. The van der Waals surface area contributed by atoms with Gasteiger partial charge in [-0.1, -0.05) is 30.3 Å². The summed E-state index contributed by atoms with van der Waals surface area (Å²) in [6.45, 7) is 5.85. The molecule has 0 bridgehead atoms. The van der Waals surface area contributed by atoms with Gasteiger partial charge in [0.1, 0.15) is 0 Å². The lowest BCUT2D eigenvalue weighted by atomic mass is 9.73. The normalized spacial score (nSPS) is 20.8. The zero-order valence-electron chi connectivity index (χ0n) is 15.1. The number of rotatable bonds is 4. The second kappa shape index (κ2) is 7.91. The van der Waals surface area contributed by atoms with Crippen LogP contribution in [0, 0.1) is 0 Å². The molecule has 0 saturated carbocycles. The summed E-state index contributed by atoms with van der Waals surface area (Å²) in [6.07, 6.45) is 1.57. The zero-order chi connectivity index (χ0) is 17.8. The Hall–Kier alpha value is -1.69. The van der Waals surface area contributed by atoms with Crippen molar-refractivity contribution in [1.82, 2.24) is 9.80 Å². The molecule has 4 rings (SSSR count). The number of hydrogen-bond donors (Lipinski definition) is 0. The van der Waals surface area contributed by atoms with E-state index < -0.39 is 5.41 Å². The lowest BCUT2D eigenvalue weighted by Gasteiger charge is -2.43. The van der Waals surface area contributed by atoms with Crippen molar-refractivity contribution in [2.75, 3.05) is 39.4 Å². The van der Waals surface area contributed by atoms with Crippen LogP contribution in [0.4, 0.5) is 0 Å². The molecule has 2 saturated heterocycles. The molecule has 2 aromatic rings. The first-order valence-electron chi connectivity index (χ1n) is 9.44. The quantitative estimate of drug-likeness (QED) is 0.829. The maximum atomic E-state index is 13.6. The zero-order valence-corrected chi connectivity index (χ0v) is 15.9. The summed E-state index contributed by atoms with van der Waals surface area (Å²) >= 11 is 1.75. The minimum Gasteiger partial charge on any atom is -0.381 e. The average molecular weight is 371 g/mol. The number of hydrogen-bond acceptors (Lipinski definition) is 4. The monoisotopic (exact) mass is 370 g/mol. The Morgan fingerprint density at radius 1 is 1.04 bits per heavy atom. The summed E-state index contributed by atoms with van der Waals surface area (Å²) in [7, 11) is 0. The van der Waals surface area contributed by atoms with Gasteiger partial charge in [0.05, 0.1) is 5.41 Å². The van der Waals surface area contributed by atoms with E-state index in [2.05, 4.69) is 38.8 Å². The van der Waals surface area contributed by atoms with E-state index in [1.165, 1.54) is 5.56 Å². The molecule has 0 atom stereocenters. The standard InChI is InChI=1S/C21H26N2O2S/c24-20(21(7-13-25-14-8-21)19-4-2-1-3-5-19)23-11-9-22(10-12-23)16-18-6-15-26-17-18/h1-6,15,17H,7-14,16H2. The van der Waals surface area contributed by atoms with E-state index in [1.54, 1.807) is 11.3 Å². The van der Waals surface area contributed by atoms with Gasteiger partial charge in [-0.15, -0.1) is 0 Å². The van der Waals surface area contributed by atoms with Crippen LogP contribution in [0.5, 0.6) is 0 Å². The van der Waals surface area contributed by atoms with Crippen LogP contribution >= 0.6 is 11.3 Å². The van der Waals surface area contributed by atoms with Gasteiger partial charge < -0.3 is 9.64 Å². The molecule has 4 nitrogen and oxygen atoms in total. The Labute approximate surface area is 159 Å². The van der Waals surface area contributed by atoms with Gasteiger partial charge in [0.25, 0.3) is 0 Å². The van der Waals surface area contributed by atoms with Gasteiger partial charge >= 0.3 is 0 Å². The second-order valence-electron chi connectivity index (χ2n) is 7.26. The second-order valence-corrected chi connectivity index (χ2v) is 8.04. The molecule has 0 unspecified atom stereocenters. The molecule has 3 heterocycles. The van der Waals surface area contributed by atoms with Crippen molar-refractivity contribution in [2.24, 2.45) is 0 Å². The van der Waals surface area contributed by atoms with Crippen molar-refractivity contribution in [3.63, 3.8) is 0 Å². The highest BCUT2D eigenvalue weighted by Gasteiger charge is 2.44. The van der Waals surface area contributed by atoms with Gasteiger partial charge in [-0.3, -0.25) is 9.69 Å². The number of carbonyl (C=O) groups is 1. The van der Waals surface area contributed by atoms with Crippen LogP contribution in [-0.4, -0.2) is 55.1 Å². The fraction of sp³-hybridized carbons (Fsp3) is 0.476. The van der Waals surface area contributed by atoms with Crippen LogP contribution in [-0.2, 0) is 21.5 Å². The number of ether oxygens (including phenoxy) is 1. The predicted octanol–water partition coefficient (Wildman–Crippen LogP) is 3.14. The molecule has 0 N–H and O–H groups in total. The van der Waals surface area contributed by atoms with Crippen molar-refractivity contribution in [3.05, 3.63) is 58.3 Å². The molecular formula is C21H26N2O2S. The number of amides is 1. The van der Waals surface area contributed by atoms with Gasteiger partial charge in [0.15, 0.2) is 0 Å². The van der Waals surface area contributed by atoms with Gasteiger partial charge in [-0.2, -0.15) is 11.3 Å². The Bertz CT molecular complexity index is 703. The van der Waals surface area contributed by atoms with E-state index in [0.29, 0.717) is 19.1 Å². The topological polar surface area (TPSA) is 32.8 Å². The van der Waals surface area contributed by atoms with Crippen molar-refractivity contribution in [1.29, 1.82) is 0 Å². The van der Waals surface area contributed by atoms with Crippen LogP contribution in [0.1, 0.15) is 24.0 Å². The highest BCUT2D eigenvalue weighted by Crippen LogP contribution is 2.37. The largest absolute Gasteiger partial charge is 0.381 e. The maximum absolute atomic E-state index is 13.6. The summed E-state index contributed by atoms with van der Waals surface area (Å²) in [6, 6.07) is 12.5. The third-order valence-corrected chi connectivity index (χ3v) is 6.46. The van der Waals surface area contributed by atoms with Gasteiger partial charge in [0.2, 0.25) is 5.91 Å². The Morgan fingerprint density at radius 3 is 2.42 bits per heavy atom. The first-order chi connectivity index (χ1) is 12.8. The minimum absolute atomic E-state index is 0.294. The van der Waals surface area contributed by atoms with Crippen LogP contribution in [0.25, 0.3) is 0 Å². The summed E-state index contributed by atoms with van der Waals surface area (Å²) in [5.41, 5.74) is 2.11. The third-order valence-electron chi connectivity index (χ3n) is 5.73. The molecule has 1 amide bonds. The van der Waals surface area contributed by atoms with Gasteiger partial charge in [-0.05, 0) is 40.8 Å². The summed E-state index contributed by atoms with van der Waals surface area (Å²) in [5, 5.41) is 4.34. The molecular weight excluding hydrogens is 344 g/mol. The van der Waals surface area contributed by atoms with Crippen molar-refractivity contribution in [2.45, 2.75) is 24.8 Å². The molecule has 138 valence electrons. The lowest BCUT2D eigenvalue weighted by molar-refractivity contribution is -0.143. The van der Waals surface area contributed by atoms with E-state index in [9.17, 15) is 4.79 Å². The average Bonchev–Trinajstić information content (AvgIpc) is 3.22. The molecule has 5 heteroatoms. The number of carbonyl (C=O) groups excluding carboxylic acids is 1. The first kappa shape index (κ1) is 17.7. The van der Waals surface area contributed by atoms with E-state index in [0.717, 1.165) is 51.1 Å². The van der Waals surface area contributed by atoms with Crippen molar-refractivity contribution >= 4 is 17.2 Å². The van der Waals surface area contributed by atoms with Crippen LogP contribution < -0.4 is 0 Å². The Morgan fingerprint density at radius 2 is 1.77 bits per heavy atom. The highest BCUT2D eigenvalue weighted by atomic mass is 32.1. The maximum Gasteiger partial charge on any atom is 0.233 e. The molecule has 0 spiro atoms. The Balaban J connectivity index is 1.45. The number of piperazine rings is 1. The van der Waals surface area contributed by atoms with E-state index >= 15 is 0 Å². The lowest BCUT2D eigenvalue weighted by Crippen LogP contribution is -2.55. The smallest absolute Gasteiger partial charge is 0.233 e. The highest BCUT2D eigenvalue weighted by molar-refractivity contribution is 7.07. The molecule has 26 heavy (non-hydrogen) atoms. The number of thiophene rings is 1. The van der Waals surface area contributed by atoms with Crippen molar-refractivity contribution < 1.29 is 9.53 Å². The van der Waals surface area contributed by atoms with E-state index in [4.69, 9.17) is 4.74 Å². The van der Waals surface area contributed by atoms with Gasteiger partial charge in [0, 0.05) is 45.9 Å². The minimum atomic E-state index is -0.408. The molecule has 2 aliphatic heterocycles. The molecule has 1 aromatic carbocycles. The molecule has 0 radical (unpaired) electrons. The van der Waals surface area contributed by atoms with Crippen LogP contribution in [0.2, 0.25) is 0 Å². The van der Waals surface area contributed by atoms with Gasteiger partial charge in [-0.25, -0.2) is 0 Å². The first-order valence-corrected chi connectivity index (χ1v) is 10.4. The summed E-state index contributed by atoms with van der Waals surface area (Å²) in [5.74, 6) is 0.294. The fourth-order valence-corrected chi connectivity index (χ4v) is 4.82. The van der Waals surface area contributed by atoms with Crippen LogP contribution in [0.3, 0.4) is 0 Å². The summed E-state index contributed by atoms with van der Waals surface area (Å²) < 4.78 is 5.58. The molecule has 0 aliphatic carbocycles. The number of benzene rings is 1. The van der Waals surface area contributed by atoms with Crippen molar-refractivity contribution in [3.8, 4) is 0 Å². The SMILES string of the molecule is O=C(N1CCN(Cc2ccsc2)CC1)C1(c2ccccc2)CCOCC1. The molecule has 2 fully saturated rings. The van der Waals surface area contributed by atoms with E-state index in [1.807, 2.05) is 18.2 Å². The predicted molar refractivity (Wildman–Crippen MR) is 104 cm³/mol. The fourth-order valence-electron chi connectivity index (χ4n) is 4.16.